The Bertz CT molecular complexity index is 584. The predicted molar refractivity (Wildman–Crippen MR) is 76.4 cm³/mol. The molecule has 5 heteroatoms. The Labute approximate surface area is 113 Å². The summed E-state index contributed by atoms with van der Waals surface area (Å²) in [6.45, 7) is 8.17. The van der Waals surface area contributed by atoms with Crippen molar-refractivity contribution < 1.29 is 0 Å². The molecular weight excluding hydrogens is 240 g/mol. The van der Waals surface area contributed by atoms with Gasteiger partial charge >= 0.3 is 0 Å². The molecule has 1 unspecified atom stereocenters. The maximum Gasteiger partial charge on any atom is 0.276 e. The molecule has 0 saturated carbocycles. The predicted octanol–water partition coefficient (Wildman–Crippen LogP) is 1.52. The zero-order chi connectivity index (χ0) is 13.8. The lowest BCUT2D eigenvalue weighted by Crippen LogP contribution is -2.40. The third kappa shape index (κ3) is 3.04. The lowest BCUT2D eigenvalue weighted by Gasteiger charge is -2.23. The maximum atomic E-state index is 12.3. The molecule has 0 bridgehead atoms. The molecule has 0 aliphatic rings. The Morgan fingerprint density at radius 3 is 2.84 bits per heavy atom. The number of nitrogens with one attached hydrogen (secondary N) is 1. The highest BCUT2D eigenvalue weighted by atomic mass is 16.1. The van der Waals surface area contributed by atoms with Crippen LogP contribution in [0.15, 0.2) is 29.5 Å². The molecule has 0 spiro atoms. The van der Waals surface area contributed by atoms with Gasteiger partial charge in [0.25, 0.3) is 5.56 Å². The summed E-state index contributed by atoms with van der Waals surface area (Å²) in [6, 6.07) is 2.06. The van der Waals surface area contributed by atoms with Gasteiger partial charge < -0.3 is 9.88 Å². The maximum absolute atomic E-state index is 12.3. The van der Waals surface area contributed by atoms with Crippen molar-refractivity contribution in [1.82, 2.24) is 19.5 Å². The van der Waals surface area contributed by atoms with Crippen molar-refractivity contribution in [1.29, 1.82) is 0 Å². The van der Waals surface area contributed by atoms with E-state index >= 15 is 0 Å². The minimum atomic E-state index is 0.0175. The second-order valence-corrected chi connectivity index (χ2v) is 5.22. The van der Waals surface area contributed by atoms with Crippen molar-refractivity contribution in [2.24, 2.45) is 5.92 Å². The van der Waals surface area contributed by atoms with Crippen LogP contribution in [0.25, 0.3) is 5.52 Å². The van der Waals surface area contributed by atoms with Crippen molar-refractivity contribution in [2.45, 2.75) is 39.8 Å². The second kappa shape index (κ2) is 6.02. The molecule has 0 aliphatic heterocycles. The van der Waals surface area contributed by atoms with E-state index in [9.17, 15) is 4.79 Å². The minimum Gasteiger partial charge on any atom is -0.312 e. The molecule has 2 heterocycles. The van der Waals surface area contributed by atoms with E-state index < -0.39 is 0 Å². The van der Waals surface area contributed by atoms with E-state index in [1.165, 1.54) is 0 Å². The number of rotatable bonds is 6. The molecule has 0 aromatic carbocycles. The quantitative estimate of drug-likeness (QED) is 0.858. The first-order valence-electron chi connectivity index (χ1n) is 6.89. The number of aromatic nitrogens is 3. The van der Waals surface area contributed by atoms with Crippen LogP contribution in [0.3, 0.4) is 0 Å². The average Bonchev–Trinajstić information content (AvgIpc) is 2.85. The van der Waals surface area contributed by atoms with Crippen molar-refractivity contribution in [2.75, 3.05) is 6.54 Å². The van der Waals surface area contributed by atoms with E-state index in [1.54, 1.807) is 21.3 Å². The van der Waals surface area contributed by atoms with E-state index in [0.29, 0.717) is 24.0 Å². The largest absolute Gasteiger partial charge is 0.312 e. The van der Waals surface area contributed by atoms with Crippen LogP contribution in [0, 0.1) is 5.92 Å². The Kier molecular flexibility index (Phi) is 4.37. The van der Waals surface area contributed by atoms with Crippen LogP contribution >= 0.6 is 0 Å². The highest BCUT2D eigenvalue weighted by Gasteiger charge is 2.14. The molecule has 2 aromatic rings. The van der Waals surface area contributed by atoms with Crippen molar-refractivity contribution in [3.8, 4) is 0 Å². The molecule has 2 rings (SSSR count). The van der Waals surface area contributed by atoms with Crippen LogP contribution in [0.2, 0.25) is 0 Å². The van der Waals surface area contributed by atoms with E-state index in [0.717, 1.165) is 13.0 Å². The Hall–Kier alpha value is -1.62. The van der Waals surface area contributed by atoms with Crippen molar-refractivity contribution in [3.05, 3.63) is 35.0 Å². The molecular formula is C14H22N4O. The topological polar surface area (TPSA) is 51.3 Å². The molecule has 0 amide bonds. The van der Waals surface area contributed by atoms with Crippen LogP contribution < -0.4 is 10.9 Å². The average molecular weight is 262 g/mol. The summed E-state index contributed by atoms with van der Waals surface area (Å²) in [7, 11) is 0. The van der Waals surface area contributed by atoms with Crippen LogP contribution in [-0.2, 0) is 6.54 Å². The van der Waals surface area contributed by atoms with Crippen LogP contribution in [0.4, 0.5) is 0 Å². The van der Waals surface area contributed by atoms with E-state index in [2.05, 4.69) is 31.2 Å². The molecule has 104 valence electrons. The summed E-state index contributed by atoms with van der Waals surface area (Å²) in [5, 5.41) is 7.58. The summed E-state index contributed by atoms with van der Waals surface area (Å²) in [5.74, 6) is 0.486. The van der Waals surface area contributed by atoms with Gasteiger partial charge in [0.1, 0.15) is 5.52 Å². The standard InChI is InChI=1S/C14H22N4O/c1-4-6-15-12(11(2)3)10-17-8-9-18-13(14(17)19)5-7-16-18/h5,7-9,11-12,15H,4,6,10H2,1-3H3. The first-order valence-corrected chi connectivity index (χ1v) is 6.89. The van der Waals surface area contributed by atoms with Gasteiger partial charge in [0.15, 0.2) is 0 Å². The third-order valence-corrected chi connectivity index (χ3v) is 3.39. The fourth-order valence-corrected chi connectivity index (χ4v) is 2.16. The Morgan fingerprint density at radius 1 is 1.37 bits per heavy atom. The van der Waals surface area contributed by atoms with Gasteiger partial charge in [-0.3, -0.25) is 4.79 Å². The third-order valence-electron chi connectivity index (χ3n) is 3.39. The zero-order valence-corrected chi connectivity index (χ0v) is 11.8. The van der Waals surface area contributed by atoms with Gasteiger partial charge in [0.2, 0.25) is 0 Å². The summed E-state index contributed by atoms with van der Waals surface area (Å²) < 4.78 is 3.38. The summed E-state index contributed by atoms with van der Waals surface area (Å²) in [6.07, 6.45) is 6.38. The SMILES string of the molecule is CCCNC(Cn1ccn2nccc2c1=O)C(C)C. The van der Waals surface area contributed by atoms with Crippen molar-refractivity contribution >= 4 is 5.52 Å². The smallest absolute Gasteiger partial charge is 0.276 e. The Morgan fingerprint density at radius 2 is 2.16 bits per heavy atom. The van der Waals surface area contributed by atoms with Crippen molar-refractivity contribution in [3.63, 3.8) is 0 Å². The number of hydrogen-bond donors (Lipinski definition) is 1. The van der Waals surface area contributed by atoms with E-state index in [-0.39, 0.29) is 5.56 Å². The van der Waals surface area contributed by atoms with E-state index in [1.807, 2.05) is 12.4 Å². The summed E-state index contributed by atoms with van der Waals surface area (Å²) in [4.78, 5) is 12.3. The van der Waals surface area contributed by atoms with E-state index in [4.69, 9.17) is 0 Å². The Balaban J connectivity index is 2.23. The first kappa shape index (κ1) is 13.8. The zero-order valence-electron chi connectivity index (χ0n) is 11.8. The molecule has 1 N–H and O–H groups in total. The lowest BCUT2D eigenvalue weighted by atomic mass is 10.0. The summed E-state index contributed by atoms with van der Waals surface area (Å²) >= 11 is 0. The number of hydrogen-bond acceptors (Lipinski definition) is 3. The minimum absolute atomic E-state index is 0.0175. The monoisotopic (exact) mass is 262 g/mol. The normalized spacial score (nSPS) is 13.3. The van der Waals surface area contributed by atoms with Crippen LogP contribution in [-0.4, -0.2) is 26.8 Å². The highest BCUT2D eigenvalue weighted by Crippen LogP contribution is 2.05. The summed E-state index contributed by atoms with van der Waals surface area (Å²) in [5.41, 5.74) is 0.643. The molecule has 19 heavy (non-hydrogen) atoms. The van der Waals surface area contributed by atoms with Gasteiger partial charge in [-0.2, -0.15) is 5.10 Å². The molecule has 0 fully saturated rings. The molecule has 0 aliphatic carbocycles. The first-order chi connectivity index (χ1) is 9.13. The highest BCUT2D eigenvalue weighted by molar-refractivity contribution is 5.42. The van der Waals surface area contributed by atoms with Gasteiger partial charge in [-0.25, -0.2) is 4.52 Å². The second-order valence-electron chi connectivity index (χ2n) is 5.22. The van der Waals surface area contributed by atoms with Crippen LogP contribution in [0.5, 0.6) is 0 Å². The van der Waals surface area contributed by atoms with Crippen LogP contribution in [0.1, 0.15) is 27.2 Å². The number of fused-ring (bicyclic) bond motifs is 1. The fourth-order valence-electron chi connectivity index (χ4n) is 2.16. The number of nitrogens with zero attached hydrogens (tertiary/aromatic N) is 3. The van der Waals surface area contributed by atoms with Gasteiger partial charge in [0.05, 0.1) is 6.20 Å². The van der Waals surface area contributed by atoms with Gasteiger partial charge in [-0.15, -0.1) is 0 Å². The lowest BCUT2D eigenvalue weighted by molar-refractivity contribution is 0.352. The molecule has 2 aromatic heterocycles. The van der Waals surface area contributed by atoms with Gasteiger partial charge in [-0.1, -0.05) is 20.8 Å². The molecule has 1 atom stereocenters. The molecule has 0 saturated heterocycles. The van der Waals surface area contributed by atoms with Gasteiger partial charge in [-0.05, 0) is 24.9 Å². The molecule has 5 nitrogen and oxygen atoms in total. The molecule has 0 radical (unpaired) electrons. The fraction of sp³-hybridized carbons (Fsp3) is 0.571. The van der Waals surface area contributed by atoms with Gasteiger partial charge in [0, 0.05) is 25.0 Å².